The molecule has 6 heteroatoms. The largest absolute Gasteiger partial charge is 0.497 e. The summed E-state index contributed by atoms with van der Waals surface area (Å²) in [6.07, 6.45) is 1.67. The average Bonchev–Trinajstić information content (AvgIpc) is 2.61. The number of carboxylic acid groups (broad SMARTS) is 1. The molecule has 1 aromatic heterocycles. The summed E-state index contributed by atoms with van der Waals surface area (Å²) in [5.41, 5.74) is 1.89. The lowest BCUT2D eigenvalue weighted by atomic mass is 10.1. The van der Waals surface area contributed by atoms with Crippen LogP contribution in [-0.4, -0.2) is 47.6 Å². The van der Waals surface area contributed by atoms with Crippen LogP contribution in [0.15, 0.2) is 36.4 Å². The van der Waals surface area contributed by atoms with Crippen molar-refractivity contribution in [3.8, 4) is 5.75 Å². The molecular weight excluding hydrogens is 320 g/mol. The predicted octanol–water partition coefficient (Wildman–Crippen LogP) is 2.80. The van der Waals surface area contributed by atoms with E-state index < -0.39 is 5.97 Å². The zero-order valence-corrected chi connectivity index (χ0v) is 14.7. The van der Waals surface area contributed by atoms with Crippen LogP contribution in [0.4, 0.5) is 0 Å². The molecule has 0 spiro atoms. The number of aromatic carboxylic acids is 1. The summed E-state index contributed by atoms with van der Waals surface area (Å²) in [6, 6.07) is 10.7. The number of nitrogens with zero attached hydrogens (tertiary/aromatic N) is 2. The Morgan fingerprint density at radius 1 is 1.16 bits per heavy atom. The van der Waals surface area contributed by atoms with Crippen LogP contribution in [0.1, 0.15) is 38.5 Å². The number of rotatable bonds is 7. The number of hydrogen-bond donors (Lipinski definition) is 1. The van der Waals surface area contributed by atoms with Gasteiger partial charge in [0.25, 0.3) is 5.91 Å². The molecule has 0 aliphatic rings. The van der Waals surface area contributed by atoms with Crippen molar-refractivity contribution in [2.24, 2.45) is 0 Å². The zero-order valence-electron chi connectivity index (χ0n) is 14.7. The highest BCUT2D eigenvalue weighted by molar-refractivity contribution is 5.94. The lowest BCUT2D eigenvalue weighted by Crippen LogP contribution is -2.29. The second kappa shape index (κ2) is 8.28. The van der Waals surface area contributed by atoms with E-state index in [1.54, 1.807) is 26.0 Å². The third kappa shape index (κ3) is 4.79. The van der Waals surface area contributed by atoms with Crippen LogP contribution in [-0.2, 0) is 6.42 Å². The van der Waals surface area contributed by atoms with E-state index in [9.17, 15) is 9.59 Å². The number of aromatic nitrogens is 1. The summed E-state index contributed by atoms with van der Waals surface area (Å²) in [7, 11) is 3.35. The van der Waals surface area contributed by atoms with Gasteiger partial charge in [-0.1, -0.05) is 12.1 Å². The van der Waals surface area contributed by atoms with E-state index >= 15 is 0 Å². The van der Waals surface area contributed by atoms with Gasteiger partial charge in [0.15, 0.2) is 0 Å². The minimum atomic E-state index is -1.04. The minimum Gasteiger partial charge on any atom is -0.497 e. The number of carbonyl (C=O) groups excluding carboxylic acids is 1. The number of benzene rings is 1. The van der Waals surface area contributed by atoms with Crippen LogP contribution >= 0.6 is 0 Å². The van der Waals surface area contributed by atoms with Crippen LogP contribution in [0.2, 0.25) is 0 Å². The number of amides is 1. The third-order valence-electron chi connectivity index (χ3n) is 4.00. The lowest BCUT2D eigenvalue weighted by molar-refractivity contribution is 0.0693. The molecule has 0 atom stereocenters. The number of ether oxygens (including phenoxy) is 1. The highest BCUT2D eigenvalue weighted by Crippen LogP contribution is 2.13. The van der Waals surface area contributed by atoms with Gasteiger partial charge < -0.3 is 14.7 Å². The van der Waals surface area contributed by atoms with Crippen LogP contribution < -0.4 is 4.74 Å². The molecule has 132 valence electrons. The van der Waals surface area contributed by atoms with Crippen LogP contribution in [0.3, 0.4) is 0 Å². The first-order valence-corrected chi connectivity index (χ1v) is 8.01. The van der Waals surface area contributed by atoms with Gasteiger partial charge >= 0.3 is 5.97 Å². The summed E-state index contributed by atoms with van der Waals surface area (Å²) in [4.78, 5) is 29.1. The van der Waals surface area contributed by atoms with E-state index in [1.807, 2.05) is 24.3 Å². The molecule has 2 aromatic rings. The fraction of sp³-hybridized carbons (Fsp3) is 0.316. The van der Waals surface area contributed by atoms with E-state index in [0.29, 0.717) is 12.2 Å². The summed E-state index contributed by atoms with van der Waals surface area (Å²) < 4.78 is 5.13. The van der Waals surface area contributed by atoms with E-state index in [4.69, 9.17) is 9.84 Å². The van der Waals surface area contributed by atoms with Gasteiger partial charge in [-0.2, -0.15) is 0 Å². The number of pyridine rings is 1. The molecule has 0 aliphatic carbocycles. The maximum Gasteiger partial charge on any atom is 0.337 e. The molecule has 1 N–H and O–H groups in total. The van der Waals surface area contributed by atoms with Gasteiger partial charge in [-0.25, -0.2) is 9.78 Å². The highest BCUT2D eigenvalue weighted by Gasteiger charge is 2.16. The molecule has 1 heterocycles. The van der Waals surface area contributed by atoms with Crippen molar-refractivity contribution in [2.75, 3.05) is 20.7 Å². The van der Waals surface area contributed by atoms with Crippen molar-refractivity contribution in [1.82, 2.24) is 9.88 Å². The molecular formula is C19H22N2O4. The van der Waals surface area contributed by atoms with Gasteiger partial charge in [0.1, 0.15) is 11.4 Å². The Morgan fingerprint density at radius 3 is 2.40 bits per heavy atom. The zero-order chi connectivity index (χ0) is 18.4. The molecule has 0 unspecified atom stereocenters. The van der Waals surface area contributed by atoms with Crippen molar-refractivity contribution >= 4 is 11.9 Å². The molecule has 0 aliphatic heterocycles. The summed E-state index contributed by atoms with van der Waals surface area (Å²) in [5.74, 6) is -0.436. The standard InChI is InChI=1S/C19H22N2O4/c1-13-16(19(23)24)10-11-17(20-13)18(22)21(2)12-4-5-14-6-8-15(25-3)9-7-14/h6-11H,4-5,12H2,1-3H3,(H,23,24). The Labute approximate surface area is 147 Å². The number of aryl methyl sites for hydroxylation is 2. The topological polar surface area (TPSA) is 79.7 Å². The highest BCUT2D eigenvalue weighted by atomic mass is 16.5. The first kappa shape index (κ1) is 18.4. The number of hydrogen-bond acceptors (Lipinski definition) is 4. The Kier molecular flexibility index (Phi) is 6.11. The van der Waals surface area contributed by atoms with E-state index in [1.165, 1.54) is 17.7 Å². The second-order valence-corrected chi connectivity index (χ2v) is 5.81. The molecule has 0 radical (unpaired) electrons. The molecule has 1 aromatic carbocycles. The number of methoxy groups -OCH3 is 1. The van der Waals surface area contributed by atoms with Crippen LogP contribution in [0, 0.1) is 6.92 Å². The molecule has 0 bridgehead atoms. The molecule has 1 amide bonds. The Hall–Kier alpha value is -2.89. The fourth-order valence-electron chi connectivity index (χ4n) is 2.52. The normalized spacial score (nSPS) is 10.4. The summed E-state index contributed by atoms with van der Waals surface area (Å²) in [5, 5.41) is 9.02. The van der Waals surface area contributed by atoms with Crippen molar-refractivity contribution in [3.05, 3.63) is 58.9 Å². The lowest BCUT2D eigenvalue weighted by Gasteiger charge is -2.17. The summed E-state index contributed by atoms with van der Waals surface area (Å²) >= 11 is 0. The van der Waals surface area contributed by atoms with Gasteiger partial charge in [0.05, 0.1) is 18.4 Å². The maximum absolute atomic E-state index is 12.4. The molecule has 0 saturated carbocycles. The Morgan fingerprint density at radius 2 is 1.84 bits per heavy atom. The van der Waals surface area contributed by atoms with Gasteiger partial charge in [0.2, 0.25) is 0 Å². The van der Waals surface area contributed by atoms with Crippen molar-refractivity contribution in [3.63, 3.8) is 0 Å². The van der Waals surface area contributed by atoms with E-state index in [0.717, 1.165) is 18.6 Å². The predicted molar refractivity (Wildman–Crippen MR) is 94.2 cm³/mol. The van der Waals surface area contributed by atoms with Crippen LogP contribution in [0.25, 0.3) is 0 Å². The molecule has 0 saturated heterocycles. The van der Waals surface area contributed by atoms with Gasteiger partial charge in [-0.15, -0.1) is 0 Å². The van der Waals surface area contributed by atoms with E-state index in [2.05, 4.69) is 4.98 Å². The fourth-order valence-corrected chi connectivity index (χ4v) is 2.52. The Bertz CT molecular complexity index is 757. The third-order valence-corrected chi connectivity index (χ3v) is 4.00. The number of carboxylic acids is 1. The van der Waals surface area contributed by atoms with Crippen molar-refractivity contribution < 1.29 is 19.4 Å². The monoisotopic (exact) mass is 342 g/mol. The van der Waals surface area contributed by atoms with Gasteiger partial charge in [-0.3, -0.25) is 4.79 Å². The molecule has 6 nitrogen and oxygen atoms in total. The minimum absolute atomic E-state index is 0.110. The SMILES string of the molecule is COc1ccc(CCCN(C)C(=O)c2ccc(C(=O)O)c(C)n2)cc1. The van der Waals surface area contributed by atoms with Crippen molar-refractivity contribution in [1.29, 1.82) is 0 Å². The number of carbonyl (C=O) groups is 2. The Balaban J connectivity index is 1.91. The smallest absolute Gasteiger partial charge is 0.337 e. The van der Waals surface area contributed by atoms with Crippen molar-refractivity contribution in [2.45, 2.75) is 19.8 Å². The van der Waals surface area contributed by atoms with Crippen LogP contribution in [0.5, 0.6) is 5.75 Å². The average molecular weight is 342 g/mol. The second-order valence-electron chi connectivity index (χ2n) is 5.81. The summed E-state index contributed by atoms with van der Waals surface area (Å²) in [6.45, 7) is 2.18. The van der Waals surface area contributed by atoms with Gasteiger partial charge in [-0.05, 0) is 49.6 Å². The quantitative estimate of drug-likeness (QED) is 0.837. The molecule has 25 heavy (non-hydrogen) atoms. The maximum atomic E-state index is 12.4. The van der Waals surface area contributed by atoms with E-state index in [-0.39, 0.29) is 17.2 Å². The first-order chi connectivity index (χ1) is 11.9. The molecule has 0 fully saturated rings. The first-order valence-electron chi connectivity index (χ1n) is 8.01. The van der Waals surface area contributed by atoms with Gasteiger partial charge in [0, 0.05) is 13.6 Å². The molecule has 2 rings (SSSR count).